The Morgan fingerprint density at radius 3 is 2.76 bits per heavy atom. The number of rotatable bonds is 7. The van der Waals surface area contributed by atoms with E-state index in [0.717, 1.165) is 49.7 Å². The molecule has 0 unspecified atom stereocenters. The Labute approximate surface area is 191 Å². The minimum absolute atomic E-state index is 0.0679. The van der Waals surface area contributed by atoms with Gasteiger partial charge in [0.2, 0.25) is 0 Å². The monoisotopic (exact) mass is 461 g/mol. The molecule has 0 radical (unpaired) electrons. The number of benzene rings is 1. The van der Waals surface area contributed by atoms with Crippen molar-refractivity contribution in [1.82, 2.24) is 10.2 Å². The molecule has 2 aromatic rings. The van der Waals surface area contributed by atoms with Gasteiger partial charge in [0, 0.05) is 30.2 Å². The third-order valence-electron chi connectivity index (χ3n) is 6.91. The Morgan fingerprint density at radius 2 is 2.03 bits per heavy atom. The van der Waals surface area contributed by atoms with Gasteiger partial charge in [-0.05, 0) is 43.4 Å². The van der Waals surface area contributed by atoms with Crippen LogP contribution in [0.4, 0.5) is 14.6 Å². The summed E-state index contributed by atoms with van der Waals surface area (Å²) in [7, 11) is 1.48. The lowest BCUT2D eigenvalue weighted by Crippen LogP contribution is -2.37. The first kappa shape index (κ1) is 22.4. The summed E-state index contributed by atoms with van der Waals surface area (Å²) in [6, 6.07) is 4.27. The number of hydrogen-bond donors (Lipinski definition) is 2. The fraction of sp³-hybridized carbons (Fsp3) is 0.583. The maximum Gasteiger partial charge on any atom is 0.263 e. The average molecular weight is 462 g/mol. The van der Waals surface area contributed by atoms with Crippen LogP contribution in [0, 0.1) is 0 Å². The van der Waals surface area contributed by atoms with Crippen molar-refractivity contribution in [2.45, 2.75) is 75.7 Å². The van der Waals surface area contributed by atoms with Crippen molar-refractivity contribution in [2.75, 3.05) is 19.2 Å². The van der Waals surface area contributed by atoms with Gasteiger partial charge in [-0.25, -0.2) is 8.78 Å². The number of ether oxygens (including phenoxy) is 3. The normalized spacial score (nSPS) is 23.4. The molecule has 5 rings (SSSR count). The number of aromatic nitrogens is 2. The molecule has 1 spiro atoms. The number of hydrogen-bond acceptors (Lipinski definition) is 7. The van der Waals surface area contributed by atoms with Gasteiger partial charge in [0.25, 0.3) is 6.43 Å². The van der Waals surface area contributed by atoms with Crippen LogP contribution in [0.3, 0.4) is 0 Å². The first-order valence-electron chi connectivity index (χ1n) is 11.5. The zero-order valence-corrected chi connectivity index (χ0v) is 18.7. The highest BCUT2D eigenvalue weighted by Crippen LogP contribution is 2.49. The molecular weight excluding hydrogens is 432 g/mol. The predicted octanol–water partition coefficient (Wildman–Crippen LogP) is 4.38. The third kappa shape index (κ3) is 4.54. The maximum atomic E-state index is 13.3. The molecule has 0 amide bonds. The van der Waals surface area contributed by atoms with Gasteiger partial charge in [-0.2, -0.15) is 0 Å². The molecule has 2 heterocycles. The van der Waals surface area contributed by atoms with Crippen molar-refractivity contribution in [3.05, 3.63) is 34.9 Å². The number of aliphatic hydroxyl groups excluding tert-OH is 1. The van der Waals surface area contributed by atoms with Crippen LogP contribution in [-0.4, -0.2) is 47.0 Å². The molecule has 2 saturated carbocycles. The van der Waals surface area contributed by atoms with Crippen molar-refractivity contribution in [1.29, 1.82) is 0 Å². The van der Waals surface area contributed by atoms with Crippen LogP contribution in [0.5, 0.6) is 5.75 Å². The van der Waals surface area contributed by atoms with Crippen LogP contribution in [0.1, 0.15) is 61.6 Å². The number of alkyl halides is 2. The molecule has 0 bridgehead atoms. The van der Waals surface area contributed by atoms with E-state index in [9.17, 15) is 13.9 Å². The second-order valence-electron chi connectivity index (χ2n) is 9.21. The van der Waals surface area contributed by atoms with E-state index in [1.807, 2.05) is 0 Å². The Hall–Kier alpha value is -2.36. The molecule has 1 aromatic heterocycles. The summed E-state index contributed by atoms with van der Waals surface area (Å²) in [6.07, 6.45) is 3.31. The van der Waals surface area contributed by atoms with E-state index in [-0.39, 0.29) is 29.7 Å². The van der Waals surface area contributed by atoms with E-state index < -0.39 is 12.5 Å². The minimum Gasteiger partial charge on any atom is -0.467 e. The van der Waals surface area contributed by atoms with E-state index in [4.69, 9.17) is 14.2 Å². The van der Waals surface area contributed by atoms with E-state index in [0.29, 0.717) is 30.1 Å². The molecule has 2 atom stereocenters. The van der Waals surface area contributed by atoms with E-state index in [1.54, 1.807) is 6.07 Å². The smallest absolute Gasteiger partial charge is 0.263 e. The van der Waals surface area contributed by atoms with E-state index in [1.165, 1.54) is 19.2 Å². The fourth-order valence-electron chi connectivity index (χ4n) is 4.81. The predicted molar refractivity (Wildman–Crippen MR) is 117 cm³/mol. The largest absolute Gasteiger partial charge is 0.467 e. The first-order valence-corrected chi connectivity index (χ1v) is 11.5. The molecular formula is C24H29F2N3O4. The lowest BCUT2D eigenvalue weighted by atomic mass is 9.91. The van der Waals surface area contributed by atoms with Crippen LogP contribution in [0.2, 0.25) is 0 Å². The molecule has 2 fully saturated rings. The SMILES string of the molecule is COCOc1cc(C(F)F)ccc1-c1nnc(N[C@@H]2CCCC[C@H]2O)c2c1CC1(CC1)OC2. The Balaban J connectivity index is 1.56. The summed E-state index contributed by atoms with van der Waals surface area (Å²) in [4.78, 5) is 0. The average Bonchev–Trinajstić information content (AvgIpc) is 3.57. The molecule has 0 saturated heterocycles. The topological polar surface area (TPSA) is 85.7 Å². The van der Waals surface area contributed by atoms with Gasteiger partial charge in [0.05, 0.1) is 24.4 Å². The maximum absolute atomic E-state index is 13.3. The number of anilines is 1. The first-order chi connectivity index (χ1) is 16.0. The summed E-state index contributed by atoms with van der Waals surface area (Å²) in [5, 5.41) is 22.8. The van der Waals surface area contributed by atoms with Gasteiger partial charge in [0.15, 0.2) is 12.6 Å². The Bertz CT molecular complexity index is 1020. The number of fused-ring (bicyclic) bond motifs is 1. The second kappa shape index (κ2) is 9.12. The second-order valence-corrected chi connectivity index (χ2v) is 9.21. The zero-order chi connectivity index (χ0) is 23.0. The number of nitrogens with zero attached hydrogens (tertiary/aromatic N) is 2. The summed E-state index contributed by atoms with van der Waals surface area (Å²) in [5.74, 6) is 0.907. The van der Waals surface area contributed by atoms with Crippen molar-refractivity contribution in [3.63, 3.8) is 0 Å². The lowest BCUT2D eigenvalue weighted by Gasteiger charge is -2.32. The summed E-state index contributed by atoms with van der Waals surface area (Å²) in [6.45, 7) is 0.327. The summed E-state index contributed by atoms with van der Waals surface area (Å²) < 4.78 is 43.5. The lowest BCUT2D eigenvalue weighted by molar-refractivity contribution is 0.00821. The number of aliphatic hydroxyl groups is 1. The molecule has 1 aliphatic heterocycles. The van der Waals surface area contributed by atoms with Gasteiger partial charge < -0.3 is 24.6 Å². The number of methoxy groups -OCH3 is 1. The van der Waals surface area contributed by atoms with Crippen LogP contribution >= 0.6 is 0 Å². The molecule has 3 aliphatic rings. The third-order valence-corrected chi connectivity index (χ3v) is 6.91. The van der Waals surface area contributed by atoms with Crippen LogP contribution in [0.25, 0.3) is 11.3 Å². The molecule has 1 aromatic carbocycles. The van der Waals surface area contributed by atoms with Gasteiger partial charge in [0.1, 0.15) is 11.4 Å². The standard InChI is InChI=1S/C24H29F2N3O4/c1-31-13-32-20-10-14(22(25)26)6-7-15(20)21-16-11-24(8-9-24)33-12-17(16)23(29-28-21)27-18-4-2-3-5-19(18)30/h6-7,10,18-19,22,30H,2-5,8-9,11-13H2,1H3,(H,27,29)/t18-,19-/m1/s1. The molecule has 33 heavy (non-hydrogen) atoms. The Morgan fingerprint density at radius 1 is 1.21 bits per heavy atom. The minimum atomic E-state index is -2.61. The van der Waals surface area contributed by atoms with Gasteiger partial charge in [-0.1, -0.05) is 18.9 Å². The number of halogens is 2. The number of nitrogens with one attached hydrogen (secondary N) is 1. The van der Waals surface area contributed by atoms with Crippen LogP contribution in [0.15, 0.2) is 18.2 Å². The highest BCUT2D eigenvalue weighted by atomic mass is 19.3. The summed E-state index contributed by atoms with van der Waals surface area (Å²) >= 11 is 0. The molecule has 9 heteroatoms. The molecule has 7 nitrogen and oxygen atoms in total. The zero-order valence-electron chi connectivity index (χ0n) is 18.7. The summed E-state index contributed by atoms with van der Waals surface area (Å²) in [5.41, 5.74) is 2.81. The quantitative estimate of drug-likeness (QED) is 0.592. The van der Waals surface area contributed by atoms with Gasteiger partial charge in [-0.15, -0.1) is 10.2 Å². The van der Waals surface area contributed by atoms with Crippen molar-refractivity contribution >= 4 is 5.82 Å². The Kier molecular flexibility index (Phi) is 6.20. The molecule has 2 aliphatic carbocycles. The highest BCUT2D eigenvalue weighted by Gasteiger charge is 2.48. The van der Waals surface area contributed by atoms with Crippen LogP contribution < -0.4 is 10.1 Å². The van der Waals surface area contributed by atoms with Crippen molar-refractivity contribution < 1.29 is 28.1 Å². The van der Waals surface area contributed by atoms with E-state index in [2.05, 4.69) is 15.5 Å². The van der Waals surface area contributed by atoms with Crippen molar-refractivity contribution in [3.8, 4) is 17.0 Å². The van der Waals surface area contributed by atoms with Gasteiger partial charge >= 0.3 is 0 Å². The van der Waals surface area contributed by atoms with E-state index >= 15 is 0 Å². The molecule has 2 N–H and O–H groups in total. The van der Waals surface area contributed by atoms with Crippen LogP contribution in [-0.2, 0) is 22.5 Å². The van der Waals surface area contributed by atoms with Crippen molar-refractivity contribution in [2.24, 2.45) is 0 Å². The fourth-order valence-corrected chi connectivity index (χ4v) is 4.81. The van der Waals surface area contributed by atoms with Gasteiger partial charge in [-0.3, -0.25) is 0 Å². The molecule has 178 valence electrons. The highest BCUT2D eigenvalue weighted by molar-refractivity contribution is 5.73.